The summed E-state index contributed by atoms with van der Waals surface area (Å²) in [4.78, 5) is 13.0. The fraction of sp³-hybridized carbons (Fsp3) is 0.571. The fourth-order valence-electron chi connectivity index (χ4n) is 2.92. The number of anilines is 2. The van der Waals surface area contributed by atoms with Crippen molar-refractivity contribution >= 4 is 17.1 Å². The molecule has 0 bridgehead atoms. The summed E-state index contributed by atoms with van der Waals surface area (Å²) in [5.41, 5.74) is 1.40. The molecule has 1 fully saturated rings. The first kappa shape index (κ1) is 13.9. The number of benzene rings is 1. The Balaban J connectivity index is 1.91. The van der Waals surface area contributed by atoms with E-state index >= 15 is 0 Å². The van der Waals surface area contributed by atoms with Crippen LogP contribution < -0.4 is 15.0 Å². The van der Waals surface area contributed by atoms with Gasteiger partial charge in [0, 0.05) is 38.4 Å². The van der Waals surface area contributed by atoms with E-state index in [-0.39, 0.29) is 17.2 Å². The molecule has 3 rings (SSSR count). The number of hydrogen-bond acceptors (Lipinski definition) is 6. The molecule has 2 heterocycles. The third-order valence-corrected chi connectivity index (χ3v) is 4.16. The van der Waals surface area contributed by atoms with Crippen molar-refractivity contribution in [3.05, 3.63) is 22.2 Å². The summed E-state index contributed by atoms with van der Waals surface area (Å²) >= 11 is 0. The SMILES string of the molecule is O=[N+]([O-])c1cc2c(cc1N1CCC(CO)CC1)OCCN2. The van der Waals surface area contributed by atoms with E-state index in [1.807, 2.05) is 4.90 Å². The van der Waals surface area contributed by atoms with Crippen molar-refractivity contribution in [3.8, 4) is 5.75 Å². The van der Waals surface area contributed by atoms with Crippen molar-refractivity contribution in [1.82, 2.24) is 0 Å². The van der Waals surface area contributed by atoms with Crippen LogP contribution in [0.25, 0.3) is 0 Å². The molecule has 1 saturated heterocycles. The normalized spacial score (nSPS) is 18.6. The number of nitro groups is 1. The Bertz CT molecular complexity index is 541. The smallest absolute Gasteiger partial charge is 0.294 e. The van der Waals surface area contributed by atoms with Crippen LogP contribution in [-0.2, 0) is 0 Å². The van der Waals surface area contributed by atoms with E-state index in [2.05, 4.69) is 5.32 Å². The van der Waals surface area contributed by atoms with E-state index in [1.165, 1.54) is 0 Å². The molecule has 7 nitrogen and oxygen atoms in total. The topological polar surface area (TPSA) is 87.9 Å². The molecule has 2 aliphatic rings. The highest BCUT2D eigenvalue weighted by Gasteiger charge is 2.27. The minimum Gasteiger partial charge on any atom is -0.489 e. The Morgan fingerprint density at radius 1 is 1.43 bits per heavy atom. The van der Waals surface area contributed by atoms with Crippen molar-refractivity contribution in [2.45, 2.75) is 12.8 Å². The zero-order valence-corrected chi connectivity index (χ0v) is 11.7. The molecule has 7 heteroatoms. The zero-order valence-electron chi connectivity index (χ0n) is 11.7. The van der Waals surface area contributed by atoms with Gasteiger partial charge in [0.05, 0.1) is 10.6 Å². The number of rotatable bonds is 3. The van der Waals surface area contributed by atoms with Crippen LogP contribution in [0, 0.1) is 16.0 Å². The van der Waals surface area contributed by atoms with Crippen LogP contribution in [0.1, 0.15) is 12.8 Å². The van der Waals surface area contributed by atoms with Crippen LogP contribution in [0.15, 0.2) is 12.1 Å². The lowest BCUT2D eigenvalue weighted by atomic mass is 9.97. The predicted molar refractivity (Wildman–Crippen MR) is 79.1 cm³/mol. The van der Waals surface area contributed by atoms with Gasteiger partial charge in [-0.2, -0.15) is 0 Å². The Morgan fingerprint density at radius 3 is 2.86 bits per heavy atom. The molecule has 0 amide bonds. The minimum absolute atomic E-state index is 0.106. The summed E-state index contributed by atoms with van der Waals surface area (Å²) in [7, 11) is 0. The van der Waals surface area contributed by atoms with E-state index in [1.54, 1.807) is 12.1 Å². The molecular weight excluding hydrogens is 274 g/mol. The Labute approximate surface area is 122 Å². The van der Waals surface area contributed by atoms with Crippen molar-refractivity contribution in [3.63, 3.8) is 0 Å². The summed E-state index contributed by atoms with van der Waals surface area (Å²) in [6, 6.07) is 3.32. The van der Waals surface area contributed by atoms with Gasteiger partial charge in [-0.15, -0.1) is 0 Å². The molecule has 0 spiro atoms. The number of hydrogen-bond donors (Lipinski definition) is 2. The van der Waals surface area contributed by atoms with Crippen LogP contribution in [-0.4, -0.2) is 42.9 Å². The van der Waals surface area contributed by atoms with Crippen LogP contribution in [0.3, 0.4) is 0 Å². The number of nitrogens with zero attached hydrogens (tertiary/aromatic N) is 2. The van der Waals surface area contributed by atoms with Crippen molar-refractivity contribution in [1.29, 1.82) is 0 Å². The average Bonchev–Trinajstić information content (AvgIpc) is 2.53. The first-order chi connectivity index (χ1) is 10.2. The van der Waals surface area contributed by atoms with Gasteiger partial charge < -0.3 is 20.1 Å². The monoisotopic (exact) mass is 293 g/mol. The molecule has 0 radical (unpaired) electrons. The van der Waals surface area contributed by atoms with Gasteiger partial charge in [-0.3, -0.25) is 10.1 Å². The summed E-state index contributed by atoms with van der Waals surface area (Å²) in [6.45, 7) is 2.85. The number of aliphatic hydroxyl groups excluding tert-OH is 1. The van der Waals surface area contributed by atoms with Crippen molar-refractivity contribution in [2.24, 2.45) is 5.92 Å². The molecule has 2 N–H and O–H groups in total. The second-order valence-electron chi connectivity index (χ2n) is 5.48. The highest BCUT2D eigenvalue weighted by molar-refractivity contribution is 5.75. The number of nitro benzene ring substituents is 1. The van der Waals surface area contributed by atoms with Crippen molar-refractivity contribution in [2.75, 3.05) is 43.1 Å². The lowest BCUT2D eigenvalue weighted by Gasteiger charge is -2.33. The van der Waals surface area contributed by atoms with Gasteiger partial charge in [-0.1, -0.05) is 0 Å². The summed E-state index contributed by atoms with van der Waals surface area (Å²) in [5.74, 6) is 0.974. The quantitative estimate of drug-likeness (QED) is 0.650. The highest BCUT2D eigenvalue weighted by Crippen LogP contribution is 2.40. The Morgan fingerprint density at radius 2 is 2.19 bits per heavy atom. The first-order valence-electron chi connectivity index (χ1n) is 7.24. The molecule has 1 aromatic carbocycles. The van der Waals surface area contributed by atoms with Gasteiger partial charge in [0.2, 0.25) is 0 Å². The van der Waals surface area contributed by atoms with Gasteiger partial charge in [0.25, 0.3) is 5.69 Å². The average molecular weight is 293 g/mol. The number of ether oxygens (including phenoxy) is 1. The molecule has 0 aromatic heterocycles. The molecule has 0 atom stereocenters. The molecule has 0 aliphatic carbocycles. The molecule has 1 aromatic rings. The maximum atomic E-state index is 11.3. The van der Waals surface area contributed by atoms with Crippen LogP contribution >= 0.6 is 0 Å². The largest absolute Gasteiger partial charge is 0.489 e. The molecule has 114 valence electrons. The fourth-order valence-corrected chi connectivity index (χ4v) is 2.92. The van der Waals surface area contributed by atoms with Crippen LogP contribution in [0.4, 0.5) is 17.1 Å². The second-order valence-corrected chi connectivity index (χ2v) is 5.48. The lowest BCUT2D eigenvalue weighted by Crippen LogP contribution is -2.35. The minimum atomic E-state index is -0.343. The summed E-state index contributed by atoms with van der Waals surface area (Å²) < 4.78 is 5.58. The van der Waals surface area contributed by atoms with E-state index in [0.717, 1.165) is 25.9 Å². The van der Waals surface area contributed by atoms with Crippen LogP contribution in [0.5, 0.6) is 5.75 Å². The van der Waals surface area contributed by atoms with Gasteiger partial charge in [-0.05, 0) is 18.8 Å². The molecule has 0 saturated carbocycles. The lowest BCUT2D eigenvalue weighted by molar-refractivity contribution is -0.384. The molecule has 21 heavy (non-hydrogen) atoms. The zero-order chi connectivity index (χ0) is 14.8. The Kier molecular flexibility index (Phi) is 3.83. The van der Waals surface area contributed by atoms with E-state index in [0.29, 0.717) is 36.2 Å². The number of aliphatic hydroxyl groups is 1. The number of fused-ring (bicyclic) bond motifs is 1. The van der Waals surface area contributed by atoms with Gasteiger partial charge in [0.15, 0.2) is 0 Å². The summed E-state index contributed by atoms with van der Waals surface area (Å²) in [6.07, 6.45) is 1.70. The van der Waals surface area contributed by atoms with Gasteiger partial charge in [0.1, 0.15) is 18.0 Å². The molecular formula is C14H19N3O4. The van der Waals surface area contributed by atoms with Crippen molar-refractivity contribution < 1.29 is 14.8 Å². The number of nitrogens with one attached hydrogen (secondary N) is 1. The van der Waals surface area contributed by atoms with E-state index in [4.69, 9.17) is 4.74 Å². The molecule has 2 aliphatic heterocycles. The Hall–Kier alpha value is -2.02. The molecule has 0 unspecified atom stereocenters. The van der Waals surface area contributed by atoms with Gasteiger partial charge >= 0.3 is 0 Å². The highest BCUT2D eigenvalue weighted by atomic mass is 16.6. The van der Waals surface area contributed by atoms with Crippen LogP contribution in [0.2, 0.25) is 0 Å². The maximum absolute atomic E-state index is 11.3. The third-order valence-electron chi connectivity index (χ3n) is 4.16. The van der Waals surface area contributed by atoms with Gasteiger partial charge in [-0.25, -0.2) is 0 Å². The summed E-state index contributed by atoms with van der Waals surface area (Å²) in [5, 5.41) is 23.7. The predicted octanol–water partition coefficient (Wildman–Crippen LogP) is 1.61. The second kappa shape index (κ2) is 5.77. The third kappa shape index (κ3) is 2.73. The standard InChI is InChI=1S/C14H19N3O4/c18-9-10-1-4-16(5-2-10)12-8-14-11(15-3-6-21-14)7-13(12)17(19)20/h7-8,10,15,18H,1-6,9H2. The van der Waals surface area contributed by atoms with E-state index in [9.17, 15) is 15.2 Å². The maximum Gasteiger partial charge on any atom is 0.294 e. The van der Waals surface area contributed by atoms with E-state index < -0.39 is 0 Å². The number of piperidine rings is 1. The first-order valence-corrected chi connectivity index (χ1v) is 7.24.